The first-order valence-corrected chi connectivity index (χ1v) is 12.4. The van der Waals surface area contributed by atoms with Crippen LogP contribution in [0.2, 0.25) is 0 Å². The third-order valence-electron chi connectivity index (χ3n) is 6.09. The lowest BCUT2D eigenvalue weighted by Gasteiger charge is -2.26. The normalized spacial score (nSPS) is 16.1. The molecule has 0 spiro atoms. The zero-order chi connectivity index (χ0) is 27.5. The predicted molar refractivity (Wildman–Crippen MR) is 131 cm³/mol. The van der Waals surface area contributed by atoms with E-state index in [0.717, 1.165) is 29.6 Å². The Hall–Kier alpha value is -3.16. The van der Waals surface area contributed by atoms with Crippen molar-refractivity contribution < 1.29 is 41.8 Å². The molecule has 1 aliphatic rings. The van der Waals surface area contributed by atoms with Gasteiger partial charge in [-0.15, -0.1) is 0 Å². The van der Waals surface area contributed by atoms with E-state index < -0.39 is 49.1 Å². The van der Waals surface area contributed by atoms with Gasteiger partial charge in [0.05, 0.1) is 26.2 Å². The summed E-state index contributed by atoms with van der Waals surface area (Å²) >= 11 is 0. The highest BCUT2D eigenvalue weighted by molar-refractivity contribution is 5.87. The van der Waals surface area contributed by atoms with E-state index in [1.54, 1.807) is 6.20 Å². The summed E-state index contributed by atoms with van der Waals surface area (Å²) in [5, 5.41) is 3.55. The Morgan fingerprint density at radius 2 is 1.82 bits per heavy atom. The monoisotopic (exact) mass is 542 g/mol. The van der Waals surface area contributed by atoms with Crippen LogP contribution in [-0.4, -0.2) is 92.1 Å². The van der Waals surface area contributed by atoms with Crippen LogP contribution in [0.4, 0.5) is 13.2 Å². The minimum absolute atomic E-state index is 0.147. The highest BCUT2D eigenvalue weighted by Gasteiger charge is 2.29. The van der Waals surface area contributed by atoms with Crippen LogP contribution >= 0.6 is 0 Å². The van der Waals surface area contributed by atoms with E-state index in [0.29, 0.717) is 19.8 Å². The van der Waals surface area contributed by atoms with Gasteiger partial charge in [0.1, 0.15) is 18.7 Å². The third kappa shape index (κ3) is 9.62. The van der Waals surface area contributed by atoms with Crippen molar-refractivity contribution >= 4 is 28.7 Å². The van der Waals surface area contributed by atoms with Gasteiger partial charge < -0.3 is 30.2 Å². The number of esters is 2. The number of ether oxygens (including phenoxy) is 3. The van der Waals surface area contributed by atoms with E-state index in [-0.39, 0.29) is 25.9 Å². The molecule has 1 amide bonds. The van der Waals surface area contributed by atoms with Crippen LogP contribution in [0.5, 0.6) is 0 Å². The summed E-state index contributed by atoms with van der Waals surface area (Å²) in [5.41, 5.74) is 7.35. The molecule has 3 rings (SSSR count). The molecule has 1 fully saturated rings. The molecule has 38 heavy (non-hydrogen) atoms. The van der Waals surface area contributed by atoms with Crippen molar-refractivity contribution in [2.45, 2.75) is 43.9 Å². The highest BCUT2D eigenvalue weighted by Crippen LogP contribution is 2.20. The number of morpholine rings is 1. The quantitative estimate of drug-likeness (QED) is 0.326. The summed E-state index contributed by atoms with van der Waals surface area (Å²) in [6.45, 7) is 2.56. The molecule has 2 heterocycles. The van der Waals surface area contributed by atoms with E-state index >= 15 is 0 Å². The number of fused-ring (bicyclic) bond motifs is 1. The van der Waals surface area contributed by atoms with Crippen LogP contribution in [0.1, 0.15) is 24.8 Å². The SMILES string of the molecule is N[C@H](CCC(=O)N[C@H](Cc1c[nH]c2ccccc12)C(=O)OCCN1CCOCC1)C(=O)OCCC(F)(F)F. The van der Waals surface area contributed by atoms with E-state index in [1.807, 2.05) is 24.3 Å². The second kappa shape index (κ2) is 14.1. The molecule has 1 aromatic heterocycles. The zero-order valence-electron chi connectivity index (χ0n) is 20.9. The number of carbonyl (C=O) groups is 3. The second-order valence-corrected chi connectivity index (χ2v) is 8.98. The first-order valence-electron chi connectivity index (χ1n) is 12.4. The maximum Gasteiger partial charge on any atom is 0.392 e. The number of alkyl halides is 3. The predicted octanol–water partition coefficient (Wildman–Crippen LogP) is 1.67. The molecule has 0 saturated carbocycles. The van der Waals surface area contributed by atoms with E-state index in [4.69, 9.17) is 15.2 Å². The van der Waals surface area contributed by atoms with Crippen molar-refractivity contribution in [3.05, 3.63) is 36.0 Å². The van der Waals surface area contributed by atoms with Gasteiger partial charge in [0.2, 0.25) is 5.91 Å². The Morgan fingerprint density at radius 1 is 1.11 bits per heavy atom. The number of hydrogen-bond acceptors (Lipinski definition) is 8. The number of nitrogens with one attached hydrogen (secondary N) is 2. The van der Waals surface area contributed by atoms with Gasteiger partial charge in [-0.05, 0) is 18.1 Å². The highest BCUT2D eigenvalue weighted by atomic mass is 19.4. The number of rotatable bonds is 13. The lowest BCUT2D eigenvalue weighted by Crippen LogP contribution is -2.45. The minimum Gasteiger partial charge on any atom is -0.464 e. The van der Waals surface area contributed by atoms with Crippen molar-refractivity contribution in [2.75, 3.05) is 46.1 Å². The van der Waals surface area contributed by atoms with Crippen molar-refractivity contribution in [3.63, 3.8) is 0 Å². The van der Waals surface area contributed by atoms with E-state index in [1.165, 1.54) is 0 Å². The van der Waals surface area contributed by atoms with E-state index in [9.17, 15) is 27.6 Å². The number of carbonyl (C=O) groups excluding carboxylic acids is 3. The molecular formula is C25H33F3N4O6. The summed E-state index contributed by atoms with van der Waals surface area (Å²) in [4.78, 5) is 42.6. The Kier molecular flexibility index (Phi) is 10.9. The number of aromatic amines is 1. The first kappa shape index (κ1) is 29.4. The van der Waals surface area contributed by atoms with Crippen molar-refractivity contribution in [1.29, 1.82) is 0 Å². The van der Waals surface area contributed by atoms with Crippen LogP contribution in [0, 0.1) is 0 Å². The maximum atomic E-state index is 12.9. The molecule has 1 saturated heterocycles. The fraction of sp³-hybridized carbons (Fsp3) is 0.560. The molecule has 0 radical (unpaired) electrons. The molecular weight excluding hydrogens is 509 g/mol. The van der Waals surface area contributed by atoms with Gasteiger partial charge in [-0.2, -0.15) is 13.2 Å². The fourth-order valence-electron chi connectivity index (χ4n) is 3.96. The summed E-state index contributed by atoms with van der Waals surface area (Å²) in [7, 11) is 0. The number of aromatic nitrogens is 1. The third-order valence-corrected chi connectivity index (χ3v) is 6.09. The molecule has 2 atom stereocenters. The molecule has 0 bridgehead atoms. The number of nitrogens with zero attached hydrogens (tertiary/aromatic N) is 1. The van der Waals surface area contributed by atoms with Gasteiger partial charge >= 0.3 is 18.1 Å². The Balaban J connectivity index is 1.54. The topological polar surface area (TPSA) is 136 Å². The van der Waals surface area contributed by atoms with Crippen molar-refractivity contribution in [1.82, 2.24) is 15.2 Å². The number of H-pyrrole nitrogens is 1. The molecule has 2 aromatic rings. The fourth-order valence-corrected chi connectivity index (χ4v) is 3.96. The molecule has 0 unspecified atom stereocenters. The van der Waals surface area contributed by atoms with Gasteiger partial charge in [0, 0.05) is 49.6 Å². The molecule has 1 aromatic carbocycles. The first-order chi connectivity index (χ1) is 18.1. The Labute approximate surface area is 217 Å². The van der Waals surface area contributed by atoms with Gasteiger partial charge in [-0.3, -0.25) is 14.5 Å². The molecule has 4 N–H and O–H groups in total. The second-order valence-electron chi connectivity index (χ2n) is 8.98. The van der Waals surface area contributed by atoms with Gasteiger partial charge in [0.25, 0.3) is 0 Å². The smallest absolute Gasteiger partial charge is 0.392 e. The van der Waals surface area contributed by atoms with Crippen LogP contribution in [0.15, 0.2) is 30.5 Å². The Morgan fingerprint density at radius 3 is 2.55 bits per heavy atom. The van der Waals surface area contributed by atoms with Gasteiger partial charge in [-0.1, -0.05) is 18.2 Å². The molecule has 210 valence electrons. The largest absolute Gasteiger partial charge is 0.464 e. The standard InChI is InChI=1S/C25H33F3N4O6/c26-25(27,28)7-11-37-23(34)19(29)5-6-22(33)31-21(15-17-16-30-20-4-2-1-3-18(17)20)24(35)38-14-10-32-8-12-36-13-9-32/h1-4,16,19,21,30H,5-15,29H2,(H,31,33)/t19-,21-/m1/s1. The summed E-state index contributed by atoms with van der Waals surface area (Å²) in [6, 6.07) is 5.25. The number of halogens is 3. The molecule has 0 aliphatic carbocycles. The molecule has 1 aliphatic heterocycles. The van der Waals surface area contributed by atoms with E-state index in [2.05, 4.69) is 19.9 Å². The molecule has 13 heteroatoms. The Bertz CT molecular complexity index is 1070. The summed E-state index contributed by atoms with van der Waals surface area (Å²) < 4.78 is 52.0. The number of para-hydroxylation sites is 1. The minimum atomic E-state index is -4.46. The van der Waals surface area contributed by atoms with Crippen molar-refractivity contribution in [2.24, 2.45) is 5.73 Å². The summed E-state index contributed by atoms with van der Waals surface area (Å²) in [5.74, 6) is -2.19. The number of benzene rings is 1. The molecule has 10 nitrogen and oxygen atoms in total. The number of amides is 1. The number of hydrogen-bond donors (Lipinski definition) is 3. The maximum absolute atomic E-state index is 12.9. The zero-order valence-corrected chi connectivity index (χ0v) is 20.9. The number of nitrogens with two attached hydrogens (primary N) is 1. The summed E-state index contributed by atoms with van der Waals surface area (Å²) in [6.07, 6.45) is -4.21. The lowest BCUT2D eigenvalue weighted by molar-refractivity contribution is -0.160. The van der Waals surface area contributed by atoms with Gasteiger partial charge in [-0.25, -0.2) is 4.79 Å². The van der Waals surface area contributed by atoms with Gasteiger partial charge in [0.15, 0.2) is 0 Å². The van der Waals surface area contributed by atoms with Crippen LogP contribution in [-0.2, 0) is 35.0 Å². The lowest BCUT2D eigenvalue weighted by atomic mass is 10.0. The van der Waals surface area contributed by atoms with Crippen LogP contribution in [0.25, 0.3) is 10.9 Å². The average molecular weight is 543 g/mol. The van der Waals surface area contributed by atoms with Crippen LogP contribution in [0.3, 0.4) is 0 Å². The van der Waals surface area contributed by atoms with Crippen molar-refractivity contribution in [3.8, 4) is 0 Å². The van der Waals surface area contributed by atoms with Crippen LogP contribution < -0.4 is 11.1 Å². The average Bonchev–Trinajstić information content (AvgIpc) is 3.29.